The zero-order chi connectivity index (χ0) is 17.4. The van der Waals surface area contributed by atoms with Crippen molar-refractivity contribution in [3.05, 3.63) is 46.4 Å². The second-order valence-electron chi connectivity index (χ2n) is 6.38. The zero-order valence-electron chi connectivity index (χ0n) is 14.1. The molecule has 25 heavy (non-hydrogen) atoms. The first-order valence-electron chi connectivity index (χ1n) is 8.53. The van der Waals surface area contributed by atoms with Gasteiger partial charge in [-0.1, -0.05) is 17.7 Å². The van der Waals surface area contributed by atoms with Gasteiger partial charge in [0.1, 0.15) is 17.3 Å². The molecule has 1 saturated heterocycles. The number of anilines is 2. The maximum atomic E-state index is 12.1. The third-order valence-corrected chi connectivity index (χ3v) is 4.96. The fourth-order valence-electron chi connectivity index (χ4n) is 3.49. The fraction of sp³-hybridized carbons (Fsp3) is 0.389. The molecular weight excluding hydrogens is 338 g/mol. The lowest BCUT2D eigenvalue weighted by Gasteiger charge is -2.38. The summed E-state index contributed by atoms with van der Waals surface area (Å²) in [5.41, 5.74) is 2.66. The number of amides is 1. The molecule has 7 heteroatoms. The summed E-state index contributed by atoms with van der Waals surface area (Å²) in [4.78, 5) is 25.7. The lowest BCUT2D eigenvalue weighted by molar-refractivity contribution is 0.0940. The van der Waals surface area contributed by atoms with E-state index in [4.69, 9.17) is 11.6 Å². The van der Waals surface area contributed by atoms with Crippen LogP contribution in [0.3, 0.4) is 0 Å². The van der Waals surface area contributed by atoms with Crippen LogP contribution in [0.1, 0.15) is 21.9 Å². The van der Waals surface area contributed by atoms with Gasteiger partial charge in [0.25, 0.3) is 5.91 Å². The van der Waals surface area contributed by atoms with Crippen LogP contribution >= 0.6 is 11.6 Å². The van der Waals surface area contributed by atoms with E-state index in [9.17, 15) is 4.79 Å². The van der Waals surface area contributed by atoms with Crippen LogP contribution in [0.15, 0.2) is 24.3 Å². The highest BCUT2D eigenvalue weighted by Crippen LogP contribution is 2.26. The highest BCUT2D eigenvalue weighted by atomic mass is 35.5. The van der Waals surface area contributed by atoms with Gasteiger partial charge in [-0.3, -0.25) is 4.79 Å². The predicted molar refractivity (Wildman–Crippen MR) is 98.7 cm³/mol. The Kier molecular flexibility index (Phi) is 4.21. The van der Waals surface area contributed by atoms with Crippen molar-refractivity contribution in [3.63, 3.8) is 0 Å². The normalized spacial score (nSPS) is 17.3. The van der Waals surface area contributed by atoms with E-state index in [1.807, 2.05) is 25.1 Å². The number of hydrogen-bond donors (Lipinski definition) is 1. The minimum Gasteiger partial charge on any atom is -0.368 e. The minimum absolute atomic E-state index is 0.0921. The van der Waals surface area contributed by atoms with Gasteiger partial charge in [0, 0.05) is 49.0 Å². The van der Waals surface area contributed by atoms with Crippen molar-refractivity contribution >= 4 is 29.0 Å². The standard InChI is InChI=1S/C18H20ClN5O/c1-12-21-16-15(5-6-20-18(16)25)17(22-12)24-9-7-23(8-10-24)14-4-2-3-13(19)11-14/h2-4,11H,5-10H2,1H3,(H,20,25). The van der Waals surface area contributed by atoms with Crippen LogP contribution in [0.4, 0.5) is 11.5 Å². The first-order chi connectivity index (χ1) is 12.1. The number of piperazine rings is 1. The molecule has 4 rings (SSSR count). The van der Waals surface area contributed by atoms with Crippen LogP contribution in [0, 0.1) is 6.92 Å². The van der Waals surface area contributed by atoms with Gasteiger partial charge in [-0.2, -0.15) is 0 Å². The molecule has 1 fully saturated rings. The summed E-state index contributed by atoms with van der Waals surface area (Å²) in [5.74, 6) is 1.47. The van der Waals surface area contributed by atoms with Gasteiger partial charge in [0.2, 0.25) is 0 Å². The Hall–Kier alpha value is -2.34. The van der Waals surface area contributed by atoms with Crippen LogP contribution in [-0.2, 0) is 6.42 Å². The van der Waals surface area contributed by atoms with Gasteiger partial charge in [-0.25, -0.2) is 9.97 Å². The van der Waals surface area contributed by atoms with E-state index in [0.717, 1.165) is 54.7 Å². The van der Waals surface area contributed by atoms with Crippen LogP contribution < -0.4 is 15.1 Å². The van der Waals surface area contributed by atoms with E-state index in [2.05, 4.69) is 31.2 Å². The van der Waals surface area contributed by atoms with E-state index < -0.39 is 0 Å². The van der Waals surface area contributed by atoms with Crippen LogP contribution in [0.5, 0.6) is 0 Å². The summed E-state index contributed by atoms with van der Waals surface area (Å²) < 4.78 is 0. The lowest BCUT2D eigenvalue weighted by Crippen LogP contribution is -2.48. The second kappa shape index (κ2) is 6.52. The number of halogens is 1. The minimum atomic E-state index is -0.0921. The molecule has 0 bridgehead atoms. The van der Waals surface area contributed by atoms with Gasteiger partial charge in [0.15, 0.2) is 0 Å². The fourth-order valence-corrected chi connectivity index (χ4v) is 3.68. The number of nitrogens with zero attached hydrogens (tertiary/aromatic N) is 4. The van der Waals surface area contributed by atoms with Gasteiger partial charge in [0.05, 0.1) is 0 Å². The Morgan fingerprint density at radius 1 is 1.12 bits per heavy atom. The van der Waals surface area contributed by atoms with Crippen molar-refractivity contribution in [2.24, 2.45) is 0 Å². The van der Waals surface area contributed by atoms with Crippen molar-refractivity contribution < 1.29 is 4.79 Å². The summed E-state index contributed by atoms with van der Waals surface area (Å²) in [6, 6.07) is 7.95. The molecule has 1 aromatic carbocycles. The molecule has 1 amide bonds. The maximum absolute atomic E-state index is 12.1. The molecule has 130 valence electrons. The number of nitrogens with one attached hydrogen (secondary N) is 1. The maximum Gasteiger partial charge on any atom is 0.270 e. The number of benzene rings is 1. The van der Waals surface area contributed by atoms with Crippen LogP contribution in [0.25, 0.3) is 0 Å². The molecule has 0 aliphatic carbocycles. The molecule has 0 unspecified atom stereocenters. The summed E-state index contributed by atoms with van der Waals surface area (Å²) in [5, 5.41) is 3.62. The summed E-state index contributed by atoms with van der Waals surface area (Å²) in [7, 11) is 0. The number of carbonyl (C=O) groups is 1. The molecule has 2 aliphatic heterocycles. The highest BCUT2D eigenvalue weighted by Gasteiger charge is 2.27. The van der Waals surface area contributed by atoms with Crippen LogP contribution in [-0.4, -0.2) is 48.6 Å². The molecule has 2 aromatic rings. The third-order valence-electron chi connectivity index (χ3n) is 4.73. The van der Waals surface area contributed by atoms with Gasteiger partial charge in [-0.05, 0) is 31.5 Å². The number of carbonyl (C=O) groups excluding carboxylic acids is 1. The summed E-state index contributed by atoms with van der Waals surface area (Å²) >= 11 is 6.11. The van der Waals surface area contributed by atoms with Crippen molar-refractivity contribution in [1.29, 1.82) is 0 Å². The van der Waals surface area contributed by atoms with Crippen LogP contribution in [0.2, 0.25) is 5.02 Å². The second-order valence-corrected chi connectivity index (χ2v) is 6.82. The number of aryl methyl sites for hydroxylation is 1. The molecule has 3 heterocycles. The van der Waals surface area contributed by atoms with Crippen molar-refractivity contribution in [2.45, 2.75) is 13.3 Å². The Balaban J connectivity index is 1.56. The SMILES string of the molecule is Cc1nc2c(c(N3CCN(c4cccc(Cl)c4)CC3)n1)CCNC2=O. The number of aromatic nitrogens is 2. The number of fused-ring (bicyclic) bond motifs is 1. The first-order valence-corrected chi connectivity index (χ1v) is 8.91. The number of rotatable bonds is 2. The lowest BCUT2D eigenvalue weighted by atomic mass is 10.1. The van der Waals surface area contributed by atoms with E-state index >= 15 is 0 Å². The largest absolute Gasteiger partial charge is 0.368 e. The molecule has 2 aliphatic rings. The quantitative estimate of drug-likeness (QED) is 0.891. The Morgan fingerprint density at radius 2 is 1.88 bits per heavy atom. The van der Waals surface area contributed by atoms with Crippen molar-refractivity contribution in [3.8, 4) is 0 Å². The smallest absolute Gasteiger partial charge is 0.270 e. The summed E-state index contributed by atoms with van der Waals surface area (Å²) in [6.45, 7) is 5.99. The molecule has 0 radical (unpaired) electrons. The van der Waals surface area contributed by atoms with E-state index in [0.29, 0.717) is 18.1 Å². The molecule has 0 spiro atoms. The molecule has 6 nitrogen and oxygen atoms in total. The Labute approximate surface area is 151 Å². The molecule has 0 saturated carbocycles. The van der Waals surface area contributed by atoms with E-state index in [-0.39, 0.29) is 5.91 Å². The van der Waals surface area contributed by atoms with E-state index in [1.54, 1.807) is 0 Å². The topological polar surface area (TPSA) is 61.4 Å². The predicted octanol–water partition coefficient (Wildman–Crippen LogP) is 2.05. The molecule has 1 N–H and O–H groups in total. The monoisotopic (exact) mass is 357 g/mol. The Bertz CT molecular complexity index is 817. The average Bonchev–Trinajstić information content (AvgIpc) is 2.62. The summed E-state index contributed by atoms with van der Waals surface area (Å²) in [6.07, 6.45) is 0.783. The first kappa shape index (κ1) is 16.1. The third kappa shape index (κ3) is 3.14. The van der Waals surface area contributed by atoms with Gasteiger partial charge in [-0.15, -0.1) is 0 Å². The zero-order valence-corrected chi connectivity index (χ0v) is 14.9. The van der Waals surface area contributed by atoms with Gasteiger partial charge < -0.3 is 15.1 Å². The Morgan fingerprint density at radius 3 is 2.64 bits per heavy atom. The van der Waals surface area contributed by atoms with Crippen molar-refractivity contribution in [1.82, 2.24) is 15.3 Å². The number of hydrogen-bond acceptors (Lipinski definition) is 5. The van der Waals surface area contributed by atoms with Crippen molar-refractivity contribution in [2.75, 3.05) is 42.5 Å². The molecular formula is C18H20ClN5O. The highest BCUT2D eigenvalue weighted by molar-refractivity contribution is 6.30. The molecule has 1 aromatic heterocycles. The molecule has 0 atom stereocenters. The average molecular weight is 358 g/mol. The van der Waals surface area contributed by atoms with Gasteiger partial charge >= 0.3 is 0 Å². The van der Waals surface area contributed by atoms with E-state index in [1.165, 1.54) is 0 Å².